The van der Waals surface area contributed by atoms with Crippen molar-refractivity contribution >= 4 is 0 Å². The predicted molar refractivity (Wildman–Crippen MR) is 64.1 cm³/mol. The van der Waals surface area contributed by atoms with Crippen LogP contribution in [0.1, 0.15) is 18.8 Å². The van der Waals surface area contributed by atoms with Gasteiger partial charge in [0.05, 0.1) is 17.9 Å². The first-order valence-corrected chi connectivity index (χ1v) is 5.70. The number of nitrogens with zero attached hydrogens (tertiary/aromatic N) is 2. The highest BCUT2D eigenvalue weighted by atomic mass is 15.2. The van der Waals surface area contributed by atoms with Crippen LogP contribution in [0.3, 0.4) is 0 Å². The minimum absolute atomic E-state index is 0.353. The molecule has 16 heavy (non-hydrogen) atoms. The predicted octanol–water partition coefficient (Wildman–Crippen LogP) is 2.21. The van der Waals surface area contributed by atoms with Crippen molar-refractivity contribution < 1.29 is 0 Å². The van der Waals surface area contributed by atoms with Crippen LogP contribution >= 0.6 is 0 Å². The van der Waals surface area contributed by atoms with Gasteiger partial charge in [-0.1, -0.05) is 30.3 Å². The first kappa shape index (κ1) is 9.60. The fourth-order valence-electron chi connectivity index (χ4n) is 2.29. The Kier molecular flexibility index (Phi) is 2.26. The number of hydrogen-bond donors (Lipinski definition) is 1. The van der Waals surface area contributed by atoms with Gasteiger partial charge >= 0.3 is 0 Å². The lowest BCUT2D eigenvalue weighted by atomic mass is 10.1. The maximum absolute atomic E-state index is 4.51. The van der Waals surface area contributed by atoms with Crippen LogP contribution < -0.4 is 5.32 Å². The van der Waals surface area contributed by atoms with E-state index in [9.17, 15) is 0 Å². The number of hydrogen-bond acceptors (Lipinski definition) is 2. The molecule has 0 radical (unpaired) electrons. The Labute approximate surface area is 95.1 Å². The second-order valence-electron chi connectivity index (χ2n) is 4.20. The summed E-state index contributed by atoms with van der Waals surface area (Å²) < 4.78 is 2.32. The van der Waals surface area contributed by atoms with Crippen molar-refractivity contribution in [2.45, 2.75) is 19.5 Å². The molecule has 0 amide bonds. The number of nitrogens with one attached hydrogen (secondary N) is 1. The molecule has 2 aromatic rings. The van der Waals surface area contributed by atoms with Crippen LogP contribution in [0, 0.1) is 0 Å². The van der Waals surface area contributed by atoms with E-state index in [2.05, 4.69) is 46.1 Å². The van der Waals surface area contributed by atoms with E-state index < -0.39 is 0 Å². The minimum atomic E-state index is 0.353. The third kappa shape index (κ3) is 1.44. The molecule has 1 N–H and O–H groups in total. The van der Waals surface area contributed by atoms with Gasteiger partial charge in [-0.2, -0.15) is 0 Å². The van der Waals surface area contributed by atoms with Crippen molar-refractivity contribution in [2.75, 3.05) is 6.54 Å². The Hall–Kier alpha value is -1.61. The SMILES string of the molecule is C[C@H]1NCCn2c(-c3ccccc3)cnc21. The molecule has 1 aliphatic heterocycles. The van der Waals surface area contributed by atoms with Crippen molar-refractivity contribution in [1.82, 2.24) is 14.9 Å². The lowest BCUT2D eigenvalue weighted by molar-refractivity contribution is 0.439. The van der Waals surface area contributed by atoms with E-state index in [-0.39, 0.29) is 0 Å². The summed E-state index contributed by atoms with van der Waals surface area (Å²) in [5.41, 5.74) is 2.47. The third-order valence-electron chi connectivity index (χ3n) is 3.13. The van der Waals surface area contributed by atoms with Crippen LogP contribution in [0.2, 0.25) is 0 Å². The standard InChI is InChI=1S/C13H15N3/c1-10-13-15-9-12(16(13)8-7-14-10)11-5-3-2-4-6-11/h2-6,9-10,14H,7-8H2,1H3/t10-/m1/s1. The summed E-state index contributed by atoms with van der Waals surface area (Å²) in [6, 6.07) is 10.8. The summed E-state index contributed by atoms with van der Waals surface area (Å²) in [6.07, 6.45) is 1.98. The van der Waals surface area contributed by atoms with Gasteiger partial charge in [0.25, 0.3) is 0 Å². The van der Waals surface area contributed by atoms with Crippen LogP contribution in [0.15, 0.2) is 36.5 Å². The highest BCUT2D eigenvalue weighted by molar-refractivity contribution is 5.59. The summed E-state index contributed by atoms with van der Waals surface area (Å²) in [5, 5.41) is 3.42. The van der Waals surface area contributed by atoms with Crippen molar-refractivity contribution in [3.8, 4) is 11.3 Å². The molecular weight excluding hydrogens is 198 g/mol. The van der Waals surface area contributed by atoms with Gasteiger partial charge in [-0.25, -0.2) is 4.98 Å². The molecule has 0 saturated heterocycles. The maximum Gasteiger partial charge on any atom is 0.126 e. The second kappa shape index (κ2) is 3.76. The fourth-order valence-corrected chi connectivity index (χ4v) is 2.29. The Morgan fingerprint density at radius 2 is 2.12 bits per heavy atom. The van der Waals surface area contributed by atoms with Crippen LogP contribution in [0.4, 0.5) is 0 Å². The number of fused-ring (bicyclic) bond motifs is 1. The van der Waals surface area contributed by atoms with Crippen molar-refractivity contribution in [3.63, 3.8) is 0 Å². The molecule has 0 saturated carbocycles. The van der Waals surface area contributed by atoms with Crippen molar-refractivity contribution in [1.29, 1.82) is 0 Å². The molecule has 1 aromatic heterocycles. The monoisotopic (exact) mass is 213 g/mol. The Bertz CT molecular complexity index is 487. The molecule has 0 aliphatic carbocycles. The van der Waals surface area contributed by atoms with Gasteiger partial charge in [0, 0.05) is 13.1 Å². The summed E-state index contributed by atoms with van der Waals surface area (Å²) in [6.45, 7) is 4.18. The van der Waals surface area contributed by atoms with Crippen LogP contribution in [0.25, 0.3) is 11.3 Å². The van der Waals surface area contributed by atoms with Gasteiger partial charge in [0.1, 0.15) is 5.82 Å². The van der Waals surface area contributed by atoms with E-state index in [4.69, 9.17) is 0 Å². The molecule has 3 nitrogen and oxygen atoms in total. The lowest BCUT2D eigenvalue weighted by Gasteiger charge is -2.23. The molecule has 3 heteroatoms. The number of aromatic nitrogens is 2. The van der Waals surface area contributed by atoms with Crippen LogP contribution in [-0.4, -0.2) is 16.1 Å². The van der Waals surface area contributed by atoms with Gasteiger partial charge < -0.3 is 9.88 Å². The average molecular weight is 213 g/mol. The molecule has 0 spiro atoms. The number of rotatable bonds is 1. The largest absolute Gasteiger partial charge is 0.325 e. The average Bonchev–Trinajstić information content (AvgIpc) is 2.75. The molecule has 2 heterocycles. The maximum atomic E-state index is 4.51. The minimum Gasteiger partial charge on any atom is -0.325 e. The van der Waals surface area contributed by atoms with E-state index in [0.29, 0.717) is 6.04 Å². The zero-order valence-corrected chi connectivity index (χ0v) is 9.35. The van der Waals surface area contributed by atoms with Crippen molar-refractivity contribution in [2.24, 2.45) is 0 Å². The van der Waals surface area contributed by atoms with Gasteiger partial charge in [-0.3, -0.25) is 0 Å². The van der Waals surface area contributed by atoms with Gasteiger partial charge in [-0.05, 0) is 12.5 Å². The molecule has 1 aliphatic rings. The summed E-state index contributed by atoms with van der Waals surface area (Å²) in [5.74, 6) is 1.14. The molecule has 1 atom stereocenters. The first-order chi connectivity index (χ1) is 7.86. The Morgan fingerprint density at radius 3 is 2.94 bits per heavy atom. The zero-order valence-electron chi connectivity index (χ0n) is 9.35. The zero-order chi connectivity index (χ0) is 11.0. The topological polar surface area (TPSA) is 29.9 Å². The summed E-state index contributed by atoms with van der Waals surface area (Å²) >= 11 is 0. The first-order valence-electron chi connectivity index (χ1n) is 5.70. The van der Waals surface area contributed by atoms with Gasteiger partial charge in [0.2, 0.25) is 0 Å². The lowest BCUT2D eigenvalue weighted by Crippen LogP contribution is -2.32. The van der Waals surface area contributed by atoms with Crippen LogP contribution in [0.5, 0.6) is 0 Å². The molecule has 0 unspecified atom stereocenters. The Balaban J connectivity index is 2.10. The summed E-state index contributed by atoms with van der Waals surface area (Å²) in [7, 11) is 0. The van der Waals surface area contributed by atoms with Crippen molar-refractivity contribution in [3.05, 3.63) is 42.4 Å². The third-order valence-corrected chi connectivity index (χ3v) is 3.13. The van der Waals surface area contributed by atoms with Gasteiger partial charge in [-0.15, -0.1) is 0 Å². The normalized spacial score (nSPS) is 19.4. The van der Waals surface area contributed by atoms with Crippen LogP contribution in [-0.2, 0) is 6.54 Å². The number of imidazole rings is 1. The molecule has 82 valence electrons. The van der Waals surface area contributed by atoms with Gasteiger partial charge in [0.15, 0.2) is 0 Å². The second-order valence-corrected chi connectivity index (χ2v) is 4.20. The smallest absolute Gasteiger partial charge is 0.126 e. The highest BCUT2D eigenvalue weighted by Crippen LogP contribution is 2.25. The number of benzene rings is 1. The molecule has 1 aromatic carbocycles. The molecular formula is C13H15N3. The quantitative estimate of drug-likeness (QED) is 0.787. The molecule has 3 rings (SSSR count). The fraction of sp³-hybridized carbons (Fsp3) is 0.308. The van der Waals surface area contributed by atoms with E-state index in [1.807, 2.05) is 12.3 Å². The highest BCUT2D eigenvalue weighted by Gasteiger charge is 2.19. The van der Waals surface area contributed by atoms with E-state index in [1.54, 1.807) is 0 Å². The summed E-state index contributed by atoms with van der Waals surface area (Å²) in [4.78, 5) is 4.51. The van der Waals surface area contributed by atoms with E-state index in [0.717, 1.165) is 18.9 Å². The Morgan fingerprint density at radius 1 is 1.31 bits per heavy atom. The van der Waals surface area contributed by atoms with E-state index >= 15 is 0 Å². The molecule has 0 fully saturated rings. The molecule has 0 bridgehead atoms. The van der Waals surface area contributed by atoms with E-state index in [1.165, 1.54) is 11.3 Å².